The second-order valence-corrected chi connectivity index (χ2v) is 4.56. The van der Waals surface area contributed by atoms with Crippen LogP contribution < -0.4 is 0 Å². The van der Waals surface area contributed by atoms with Crippen LogP contribution >= 0.6 is 11.8 Å². The Morgan fingerprint density at radius 1 is 1.64 bits per heavy atom. The van der Waals surface area contributed by atoms with Crippen LogP contribution in [-0.2, 0) is 13.7 Å². The number of hydrogen-bond acceptors (Lipinski definition) is 3. The summed E-state index contributed by atoms with van der Waals surface area (Å²) in [5.41, 5.74) is 0.872. The van der Waals surface area contributed by atoms with Crippen molar-refractivity contribution in [2.75, 3.05) is 5.75 Å². The van der Waals surface area contributed by atoms with E-state index in [2.05, 4.69) is 18.8 Å². The van der Waals surface area contributed by atoms with E-state index in [1.54, 1.807) is 18.0 Å². The fraction of sp³-hybridized carbons (Fsp3) is 0.700. The van der Waals surface area contributed by atoms with Gasteiger partial charge in [-0.3, -0.25) is 0 Å². The van der Waals surface area contributed by atoms with Crippen molar-refractivity contribution in [1.82, 2.24) is 9.55 Å². The Morgan fingerprint density at radius 3 is 2.86 bits per heavy atom. The van der Waals surface area contributed by atoms with Crippen molar-refractivity contribution < 1.29 is 5.11 Å². The summed E-state index contributed by atoms with van der Waals surface area (Å²) in [6, 6.07) is 0. The molecule has 1 unspecified atom stereocenters. The molecule has 80 valence electrons. The molecule has 0 aromatic carbocycles. The lowest BCUT2D eigenvalue weighted by Crippen LogP contribution is -2.00. The van der Waals surface area contributed by atoms with E-state index in [1.807, 2.05) is 11.6 Å². The number of aliphatic hydroxyl groups excluding tert-OH is 1. The van der Waals surface area contributed by atoms with Crippen molar-refractivity contribution in [3.8, 4) is 0 Å². The first-order chi connectivity index (χ1) is 6.69. The van der Waals surface area contributed by atoms with Gasteiger partial charge in [-0.15, -0.1) is 0 Å². The topological polar surface area (TPSA) is 38.1 Å². The number of aliphatic hydroxyl groups is 1. The first kappa shape index (κ1) is 11.6. The number of thioether (sulfide) groups is 1. The monoisotopic (exact) mass is 214 g/mol. The Bertz CT molecular complexity index is 286. The van der Waals surface area contributed by atoms with Crippen LogP contribution in [0.15, 0.2) is 11.4 Å². The fourth-order valence-corrected chi connectivity index (χ4v) is 2.15. The van der Waals surface area contributed by atoms with Gasteiger partial charge in [-0.2, -0.15) is 0 Å². The van der Waals surface area contributed by atoms with Gasteiger partial charge in [0.25, 0.3) is 0 Å². The van der Waals surface area contributed by atoms with E-state index in [0.29, 0.717) is 5.92 Å². The molecule has 0 aliphatic heterocycles. The Hall–Kier alpha value is -0.480. The molecule has 3 nitrogen and oxygen atoms in total. The Balaban J connectivity index is 2.54. The van der Waals surface area contributed by atoms with E-state index < -0.39 is 0 Å². The number of rotatable bonds is 5. The molecule has 0 saturated heterocycles. The average molecular weight is 214 g/mol. The van der Waals surface area contributed by atoms with E-state index >= 15 is 0 Å². The molecule has 1 N–H and O–H groups in total. The van der Waals surface area contributed by atoms with Crippen LogP contribution in [0.4, 0.5) is 0 Å². The molecule has 0 aliphatic rings. The molecule has 1 rings (SSSR count). The van der Waals surface area contributed by atoms with Gasteiger partial charge in [-0.05, 0) is 5.92 Å². The molecule has 1 aromatic heterocycles. The lowest BCUT2D eigenvalue weighted by Gasteiger charge is -2.07. The van der Waals surface area contributed by atoms with Crippen LogP contribution in [0, 0.1) is 5.92 Å². The van der Waals surface area contributed by atoms with Crippen molar-refractivity contribution in [2.45, 2.75) is 32.0 Å². The van der Waals surface area contributed by atoms with Gasteiger partial charge in [-0.25, -0.2) is 4.98 Å². The third-order valence-electron chi connectivity index (χ3n) is 2.40. The highest BCUT2D eigenvalue weighted by atomic mass is 32.2. The van der Waals surface area contributed by atoms with Gasteiger partial charge < -0.3 is 9.67 Å². The van der Waals surface area contributed by atoms with Crippen molar-refractivity contribution >= 4 is 11.8 Å². The molecule has 14 heavy (non-hydrogen) atoms. The van der Waals surface area contributed by atoms with E-state index in [0.717, 1.165) is 16.6 Å². The maximum atomic E-state index is 8.99. The van der Waals surface area contributed by atoms with Crippen molar-refractivity contribution in [2.24, 2.45) is 13.0 Å². The van der Waals surface area contributed by atoms with Gasteiger partial charge in [0.05, 0.1) is 18.5 Å². The molecule has 0 bridgehead atoms. The van der Waals surface area contributed by atoms with Crippen LogP contribution in [0.5, 0.6) is 0 Å². The average Bonchev–Trinajstić information content (AvgIpc) is 2.56. The molecule has 1 heterocycles. The van der Waals surface area contributed by atoms with Gasteiger partial charge in [0.15, 0.2) is 5.16 Å². The minimum atomic E-state index is 0.0629. The number of aromatic nitrogens is 2. The maximum absolute atomic E-state index is 8.99. The highest BCUT2D eigenvalue weighted by Gasteiger charge is 2.07. The highest BCUT2D eigenvalue weighted by Crippen LogP contribution is 2.21. The lowest BCUT2D eigenvalue weighted by molar-refractivity contribution is 0.271. The molecule has 4 heteroatoms. The van der Waals surface area contributed by atoms with Crippen LogP contribution in [0.3, 0.4) is 0 Å². The molecule has 0 aliphatic carbocycles. The van der Waals surface area contributed by atoms with Gasteiger partial charge in [0, 0.05) is 12.8 Å². The molecule has 0 fully saturated rings. The number of nitrogens with zero attached hydrogens (tertiary/aromatic N) is 2. The second kappa shape index (κ2) is 5.41. The van der Waals surface area contributed by atoms with E-state index in [4.69, 9.17) is 5.11 Å². The Morgan fingerprint density at radius 2 is 2.36 bits per heavy atom. The van der Waals surface area contributed by atoms with Crippen LogP contribution in [0.2, 0.25) is 0 Å². The predicted molar refractivity (Wildman–Crippen MR) is 59.3 cm³/mol. The Kier molecular flexibility index (Phi) is 4.48. The van der Waals surface area contributed by atoms with Crippen LogP contribution in [-0.4, -0.2) is 20.4 Å². The maximum Gasteiger partial charge on any atom is 0.167 e. The van der Waals surface area contributed by atoms with Crippen LogP contribution in [0.25, 0.3) is 0 Å². The smallest absolute Gasteiger partial charge is 0.167 e. The second-order valence-electron chi connectivity index (χ2n) is 3.57. The zero-order valence-corrected chi connectivity index (χ0v) is 9.84. The minimum Gasteiger partial charge on any atom is -0.390 e. The first-order valence-corrected chi connectivity index (χ1v) is 5.91. The zero-order chi connectivity index (χ0) is 10.6. The van der Waals surface area contributed by atoms with Crippen molar-refractivity contribution in [3.05, 3.63) is 11.9 Å². The zero-order valence-electron chi connectivity index (χ0n) is 9.03. The molecule has 0 amide bonds. The summed E-state index contributed by atoms with van der Waals surface area (Å²) in [5.74, 6) is 1.81. The van der Waals surface area contributed by atoms with Gasteiger partial charge in [-0.1, -0.05) is 32.0 Å². The van der Waals surface area contributed by atoms with Gasteiger partial charge >= 0.3 is 0 Å². The SMILES string of the molecule is CCC(C)CSc1ncc(CO)n1C. The molecule has 1 aromatic rings. The summed E-state index contributed by atoms with van der Waals surface area (Å²) < 4.78 is 1.95. The van der Waals surface area contributed by atoms with Crippen molar-refractivity contribution in [1.29, 1.82) is 0 Å². The summed E-state index contributed by atoms with van der Waals surface area (Å²) in [4.78, 5) is 4.26. The standard InChI is InChI=1S/C10H18N2OS/c1-4-8(2)7-14-10-11-5-9(6-13)12(10)3/h5,8,13H,4,6-7H2,1-3H3. The van der Waals surface area contributed by atoms with Crippen molar-refractivity contribution in [3.63, 3.8) is 0 Å². The fourth-order valence-electron chi connectivity index (χ4n) is 1.04. The minimum absolute atomic E-state index is 0.0629. The molecule has 1 atom stereocenters. The van der Waals surface area contributed by atoms with Gasteiger partial charge in [0.1, 0.15) is 0 Å². The molecule has 0 saturated carbocycles. The summed E-state index contributed by atoms with van der Waals surface area (Å²) in [7, 11) is 1.94. The third-order valence-corrected chi connectivity index (χ3v) is 3.77. The summed E-state index contributed by atoms with van der Waals surface area (Å²) >= 11 is 1.76. The molecular formula is C10H18N2OS. The summed E-state index contributed by atoms with van der Waals surface area (Å²) in [6.45, 7) is 4.50. The van der Waals surface area contributed by atoms with E-state index in [9.17, 15) is 0 Å². The quantitative estimate of drug-likeness (QED) is 0.762. The molecule has 0 radical (unpaired) electrons. The number of hydrogen-bond donors (Lipinski definition) is 1. The first-order valence-electron chi connectivity index (χ1n) is 4.93. The lowest BCUT2D eigenvalue weighted by atomic mass is 10.2. The Labute approximate surface area is 89.5 Å². The normalized spacial score (nSPS) is 13.1. The van der Waals surface area contributed by atoms with Crippen LogP contribution in [0.1, 0.15) is 26.0 Å². The molecule has 0 spiro atoms. The van der Waals surface area contributed by atoms with Gasteiger partial charge in [0.2, 0.25) is 0 Å². The van der Waals surface area contributed by atoms with E-state index in [-0.39, 0.29) is 6.61 Å². The van der Waals surface area contributed by atoms with E-state index in [1.165, 1.54) is 6.42 Å². The predicted octanol–water partition coefficient (Wildman–Crippen LogP) is 2.05. The highest BCUT2D eigenvalue weighted by molar-refractivity contribution is 7.99. The largest absolute Gasteiger partial charge is 0.390 e. The molecular weight excluding hydrogens is 196 g/mol. The summed E-state index contributed by atoms with van der Waals surface area (Å²) in [6.07, 6.45) is 2.93. The third kappa shape index (κ3) is 2.75. The number of imidazole rings is 1. The summed E-state index contributed by atoms with van der Waals surface area (Å²) in [5, 5.41) is 9.98.